The quantitative estimate of drug-likeness (QED) is 0.930. The molecule has 6 heteroatoms. The molecule has 2 rings (SSSR count). The number of nitrogens with zero attached hydrogens (tertiary/aromatic N) is 1. The Balaban J connectivity index is 2.36. The number of carbonyl (C=O) groups excluding carboxylic acids is 2. The maximum Gasteiger partial charge on any atom is 0.250 e. The van der Waals surface area contributed by atoms with Gasteiger partial charge >= 0.3 is 0 Å². The van der Waals surface area contributed by atoms with Gasteiger partial charge in [0.25, 0.3) is 0 Å². The standard InChI is InChI=1S/C15H18F2N2O2/c1-8(2)6-13-15(21)19(9(3)14(20)18-13)10-4-5-11(16)12(17)7-10/h4-5,7-9,13H,6H2,1-3H3,(H,18,20). The summed E-state index contributed by atoms with van der Waals surface area (Å²) in [6, 6.07) is 1.80. The van der Waals surface area contributed by atoms with E-state index in [1.807, 2.05) is 13.8 Å². The lowest BCUT2D eigenvalue weighted by Gasteiger charge is -2.37. The fraction of sp³-hybridized carbons (Fsp3) is 0.467. The smallest absolute Gasteiger partial charge is 0.250 e. The predicted octanol–water partition coefficient (Wildman–Crippen LogP) is 2.23. The average molecular weight is 296 g/mol. The van der Waals surface area contributed by atoms with Gasteiger partial charge in [-0.1, -0.05) is 13.8 Å². The van der Waals surface area contributed by atoms with E-state index in [0.717, 1.165) is 12.1 Å². The van der Waals surface area contributed by atoms with Crippen LogP contribution < -0.4 is 10.2 Å². The summed E-state index contributed by atoms with van der Waals surface area (Å²) in [4.78, 5) is 25.7. The molecule has 0 bridgehead atoms. The van der Waals surface area contributed by atoms with E-state index in [-0.39, 0.29) is 23.4 Å². The SMILES string of the molecule is CC(C)CC1NC(=O)C(C)N(c2ccc(F)c(F)c2)C1=O. The Morgan fingerprint density at radius 1 is 1.24 bits per heavy atom. The van der Waals surface area contributed by atoms with Crippen LogP contribution in [0, 0.1) is 17.6 Å². The molecule has 1 fully saturated rings. The van der Waals surface area contributed by atoms with Crippen LogP contribution in [-0.4, -0.2) is 23.9 Å². The van der Waals surface area contributed by atoms with Crippen LogP contribution in [0.3, 0.4) is 0 Å². The van der Waals surface area contributed by atoms with Crippen molar-refractivity contribution in [2.45, 2.75) is 39.3 Å². The fourth-order valence-electron chi connectivity index (χ4n) is 2.45. The van der Waals surface area contributed by atoms with Gasteiger partial charge in [-0.25, -0.2) is 8.78 Å². The Morgan fingerprint density at radius 3 is 2.48 bits per heavy atom. The van der Waals surface area contributed by atoms with Gasteiger partial charge in [0, 0.05) is 11.8 Å². The molecule has 1 heterocycles. The lowest BCUT2D eigenvalue weighted by molar-refractivity contribution is -0.133. The van der Waals surface area contributed by atoms with Crippen LogP contribution in [0.5, 0.6) is 0 Å². The van der Waals surface area contributed by atoms with Gasteiger partial charge in [-0.3, -0.25) is 14.5 Å². The number of benzene rings is 1. The molecule has 1 N–H and O–H groups in total. The molecule has 1 aromatic carbocycles. The van der Waals surface area contributed by atoms with Gasteiger partial charge in [-0.2, -0.15) is 0 Å². The maximum atomic E-state index is 13.4. The first-order valence-electron chi connectivity index (χ1n) is 6.89. The van der Waals surface area contributed by atoms with Crippen molar-refractivity contribution >= 4 is 17.5 Å². The van der Waals surface area contributed by atoms with Gasteiger partial charge in [-0.15, -0.1) is 0 Å². The van der Waals surface area contributed by atoms with Crippen LogP contribution in [0.4, 0.5) is 14.5 Å². The maximum absolute atomic E-state index is 13.4. The summed E-state index contributed by atoms with van der Waals surface area (Å²) in [6.07, 6.45) is 0.497. The molecule has 0 saturated carbocycles. The van der Waals surface area contributed by atoms with E-state index in [1.165, 1.54) is 11.0 Å². The lowest BCUT2D eigenvalue weighted by atomic mass is 9.98. The number of carbonyl (C=O) groups is 2. The van der Waals surface area contributed by atoms with Crippen molar-refractivity contribution in [2.24, 2.45) is 5.92 Å². The van der Waals surface area contributed by atoms with Crippen LogP contribution >= 0.6 is 0 Å². The average Bonchev–Trinajstić information content (AvgIpc) is 2.40. The zero-order chi connectivity index (χ0) is 15.7. The van der Waals surface area contributed by atoms with E-state index < -0.39 is 23.7 Å². The number of nitrogens with one attached hydrogen (secondary N) is 1. The van der Waals surface area contributed by atoms with Gasteiger partial charge in [0.1, 0.15) is 12.1 Å². The van der Waals surface area contributed by atoms with E-state index in [0.29, 0.717) is 6.42 Å². The normalized spacial score (nSPS) is 22.7. The number of hydrogen-bond donors (Lipinski definition) is 1. The molecule has 0 aliphatic carbocycles. The van der Waals surface area contributed by atoms with Crippen molar-refractivity contribution in [1.82, 2.24) is 5.32 Å². The molecule has 1 aliphatic heterocycles. The summed E-state index contributed by atoms with van der Waals surface area (Å²) >= 11 is 0. The molecule has 114 valence electrons. The van der Waals surface area contributed by atoms with Gasteiger partial charge < -0.3 is 5.32 Å². The fourth-order valence-corrected chi connectivity index (χ4v) is 2.45. The second-order valence-corrected chi connectivity index (χ2v) is 5.67. The highest BCUT2D eigenvalue weighted by molar-refractivity contribution is 6.08. The summed E-state index contributed by atoms with van der Waals surface area (Å²) in [6.45, 7) is 5.44. The third-order valence-corrected chi connectivity index (χ3v) is 3.51. The number of halogens is 2. The minimum Gasteiger partial charge on any atom is -0.342 e. The summed E-state index contributed by atoms with van der Waals surface area (Å²) in [5, 5.41) is 2.68. The molecule has 2 amide bonds. The molecule has 1 saturated heterocycles. The highest BCUT2D eigenvalue weighted by Gasteiger charge is 2.39. The topological polar surface area (TPSA) is 49.4 Å². The van der Waals surface area contributed by atoms with Crippen molar-refractivity contribution in [3.05, 3.63) is 29.8 Å². The molecule has 0 spiro atoms. The van der Waals surface area contributed by atoms with Crippen molar-refractivity contribution in [1.29, 1.82) is 0 Å². The Hall–Kier alpha value is -1.98. The largest absolute Gasteiger partial charge is 0.342 e. The monoisotopic (exact) mass is 296 g/mol. The Bertz CT molecular complexity index is 575. The molecular formula is C15H18F2N2O2. The summed E-state index contributed by atoms with van der Waals surface area (Å²) in [5.41, 5.74) is 0.190. The molecule has 2 atom stereocenters. The van der Waals surface area contributed by atoms with Crippen LogP contribution in [0.25, 0.3) is 0 Å². The number of rotatable bonds is 3. The number of amides is 2. The van der Waals surface area contributed by atoms with Crippen molar-refractivity contribution in [3.63, 3.8) is 0 Å². The minimum absolute atomic E-state index is 0.190. The highest BCUT2D eigenvalue weighted by atomic mass is 19.2. The van der Waals surface area contributed by atoms with Crippen molar-refractivity contribution in [2.75, 3.05) is 4.90 Å². The van der Waals surface area contributed by atoms with Gasteiger partial charge in [0.15, 0.2) is 11.6 Å². The zero-order valence-electron chi connectivity index (χ0n) is 12.2. The first kappa shape index (κ1) is 15.4. The summed E-state index contributed by atoms with van der Waals surface area (Å²) < 4.78 is 26.4. The second kappa shape index (κ2) is 5.79. The third-order valence-electron chi connectivity index (χ3n) is 3.51. The van der Waals surface area contributed by atoms with E-state index in [4.69, 9.17) is 0 Å². The first-order valence-corrected chi connectivity index (χ1v) is 6.89. The van der Waals surface area contributed by atoms with Crippen LogP contribution in [0.1, 0.15) is 27.2 Å². The van der Waals surface area contributed by atoms with E-state index in [2.05, 4.69) is 5.32 Å². The molecule has 4 nitrogen and oxygen atoms in total. The molecular weight excluding hydrogens is 278 g/mol. The Labute approximate surface area is 122 Å². The highest BCUT2D eigenvalue weighted by Crippen LogP contribution is 2.25. The number of hydrogen-bond acceptors (Lipinski definition) is 2. The summed E-state index contributed by atoms with van der Waals surface area (Å²) in [5.74, 6) is -2.41. The first-order chi connectivity index (χ1) is 9.81. The molecule has 1 aromatic rings. The molecule has 0 radical (unpaired) electrons. The van der Waals surface area contributed by atoms with Crippen LogP contribution in [0.15, 0.2) is 18.2 Å². The second-order valence-electron chi connectivity index (χ2n) is 5.67. The van der Waals surface area contributed by atoms with E-state index in [1.54, 1.807) is 6.92 Å². The van der Waals surface area contributed by atoms with Gasteiger partial charge in [0.2, 0.25) is 11.8 Å². The summed E-state index contributed by atoms with van der Waals surface area (Å²) in [7, 11) is 0. The van der Waals surface area contributed by atoms with Gasteiger partial charge in [0.05, 0.1) is 0 Å². The van der Waals surface area contributed by atoms with E-state index in [9.17, 15) is 18.4 Å². The van der Waals surface area contributed by atoms with Crippen LogP contribution in [-0.2, 0) is 9.59 Å². The predicted molar refractivity (Wildman–Crippen MR) is 74.7 cm³/mol. The molecule has 21 heavy (non-hydrogen) atoms. The Morgan fingerprint density at radius 2 is 1.90 bits per heavy atom. The lowest BCUT2D eigenvalue weighted by Crippen LogP contribution is -2.63. The van der Waals surface area contributed by atoms with Crippen LogP contribution in [0.2, 0.25) is 0 Å². The molecule has 2 unspecified atom stereocenters. The van der Waals surface area contributed by atoms with Gasteiger partial charge in [-0.05, 0) is 31.4 Å². The molecule has 1 aliphatic rings. The van der Waals surface area contributed by atoms with Crippen molar-refractivity contribution < 1.29 is 18.4 Å². The minimum atomic E-state index is -1.04. The zero-order valence-corrected chi connectivity index (χ0v) is 12.2. The van der Waals surface area contributed by atoms with Crippen molar-refractivity contribution in [3.8, 4) is 0 Å². The number of anilines is 1. The Kier molecular flexibility index (Phi) is 4.25. The molecule has 0 aromatic heterocycles. The number of piperazine rings is 1. The van der Waals surface area contributed by atoms with E-state index >= 15 is 0 Å². The third kappa shape index (κ3) is 3.04.